The van der Waals surface area contributed by atoms with Crippen molar-refractivity contribution in [2.24, 2.45) is 0 Å². The number of halogens is 2. The molecule has 1 aliphatic rings. The third kappa shape index (κ3) is 4.49. The second-order valence-corrected chi connectivity index (χ2v) is 6.19. The molecule has 1 saturated heterocycles. The number of benzene rings is 2. The van der Waals surface area contributed by atoms with Gasteiger partial charge in [-0.3, -0.25) is 9.69 Å². The lowest BCUT2D eigenvalue weighted by molar-refractivity contribution is -0.0503. The van der Waals surface area contributed by atoms with Crippen LogP contribution < -0.4 is 10.5 Å². The number of hydrogen-bond donors (Lipinski definition) is 1. The zero-order valence-electron chi connectivity index (χ0n) is 14.3. The van der Waals surface area contributed by atoms with E-state index in [-0.39, 0.29) is 17.2 Å². The summed E-state index contributed by atoms with van der Waals surface area (Å²) in [5, 5.41) is 0. The molecule has 2 aromatic rings. The molecular formula is C19H21F2N3O2. The lowest BCUT2D eigenvalue weighted by Gasteiger charge is -2.35. The van der Waals surface area contributed by atoms with E-state index >= 15 is 0 Å². The van der Waals surface area contributed by atoms with Gasteiger partial charge in [0.1, 0.15) is 5.75 Å². The molecule has 0 bridgehead atoms. The maximum absolute atomic E-state index is 12.7. The van der Waals surface area contributed by atoms with Crippen LogP contribution in [-0.2, 0) is 6.54 Å². The van der Waals surface area contributed by atoms with E-state index in [9.17, 15) is 13.6 Å². The van der Waals surface area contributed by atoms with Crippen LogP contribution in [-0.4, -0.2) is 48.5 Å². The number of hydrogen-bond acceptors (Lipinski definition) is 4. The summed E-state index contributed by atoms with van der Waals surface area (Å²) in [4.78, 5) is 16.6. The summed E-state index contributed by atoms with van der Waals surface area (Å²) in [6, 6.07) is 13.8. The minimum Gasteiger partial charge on any atom is -0.434 e. The predicted octanol–water partition coefficient (Wildman–Crippen LogP) is 2.83. The fraction of sp³-hybridized carbons (Fsp3) is 0.316. The van der Waals surface area contributed by atoms with Gasteiger partial charge in [0, 0.05) is 38.4 Å². The third-order valence-electron chi connectivity index (χ3n) is 4.35. The summed E-state index contributed by atoms with van der Waals surface area (Å²) < 4.78 is 29.5. The Morgan fingerprint density at radius 1 is 1.08 bits per heavy atom. The Bertz CT molecular complexity index is 762. The van der Waals surface area contributed by atoms with Crippen molar-refractivity contribution in [3.05, 3.63) is 59.7 Å². The number of rotatable bonds is 5. The summed E-state index contributed by atoms with van der Waals surface area (Å²) >= 11 is 0. The maximum Gasteiger partial charge on any atom is 0.387 e. The van der Waals surface area contributed by atoms with Gasteiger partial charge in [-0.15, -0.1) is 0 Å². The fourth-order valence-corrected chi connectivity index (χ4v) is 3.07. The first kappa shape index (κ1) is 18.1. The molecule has 1 heterocycles. The normalized spacial score (nSPS) is 15.3. The minimum atomic E-state index is -2.96. The van der Waals surface area contributed by atoms with E-state index in [1.807, 2.05) is 24.3 Å². The van der Waals surface area contributed by atoms with Gasteiger partial charge in [-0.05, 0) is 29.8 Å². The molecule has 5 nitrogen and oxygen atoms in total. The highest BCUT2D eigenvalue weighted by Gasteiger charge is 2.25. The Labute approximate surface area is 151 Å². The number of amides is 1. The van der Waals surface area contributed by atoms with Crippen molar-refractivity contribution in [3.63, 3.8) is 0 Å². The van der Waals surface area contributed by atoms with E-state index < -0.39 is 6.61 Å². The van der Waals surface area contributed by atoms with Crippen LogP contribution in [0.3, 0.4) is 0 Å². The van der Waals surface area contributed by atoms with Crippen molar-refractivity contribution >= 4 is 11.6 Å². The van der Waals surface area contributed by atoms with E-state index in [0.717, 1.165) is 17.8 Å². The number of anilines is 1. The van der Waals surface area contributed by atoms with E-state index in [2.05, 4.69) is 9.64 Å². The number of ether oxygens (including phenoxy) is 1. The summed E-state index contributed by atoms with van der Waals surface area (Å²) in [5.41, 5.74) is 7.82. The van der Waals surface area contributed by atoms with Crippen LogP contribution in [0.4, 0.5) is 14.5 Å². The quantitative estimate of drug-likeness (QED) is 0.832. The van der Waals surface area contributed by atoms with Crippen LogP contribution in [0.1, 0.15) is 15.9 Å². The number of nitrogen functional groups attached to an aromatic ring is 1. The first-order chi connectivity index (χ1) is 12.5. The van der Waals surface area contributed by atoms with Crippen molar-refractivity contribution in [1.82, 2.24) is 9.80 Å². The number of carbonyl (C=O) groups is 1. The highest BCUT2D eigenvalue weighted by molar-refractivity contribution is 5.97. The smallest absolute Gasteiger partial charge is 0.387 e. The predicted molar refractivity (Wildman–Crippen MR) is 95.1 cm³/mol. The summed E-state index contributed by atoms with van der Waals surface area (Å²) in [6.07, 6.45) is 0. The van der Waals surface area contributed by atoms with Gasteiger partial charge in [0.2, 0.25) is 0 Å². The van der Waals surface area contributed by atoms with Crippen LogP contribution in [0.2, 0.25) is 0 Å². The summed E-state index contributed by atoms with van der Waals surface area (Å²) in [6.45, 7) is 0.280. The van der Waals surface area contributed by atoms with E-state index in [1.165, 1.54) is 12.1 Å². The monoisotopic (exact) mass is 361 g/mol. The van der Waals surface area contributed by atoms with E-state index in [1.54, 1.807) is 17.0 Å². The number of para-hydroxylation sites is 1. The average molecular weight is 361 g/mol. The summed E-state index contributed by atoms with van der Waals surface area (Å²) in [7, 11) is 0. The van der Waals surface area contributed by atoms with E-state index in [4.69, 9.17) is 5.73 Å². The topological polar surface area (TPSA) is 58.8 Å². The van der Waals surface area contributed by atoms with Gasteiger partial charge in [-0.25, -0.2) is 0 Å². The fourth-order valence-electron chi connectivity index (χ4n) is 3.07. The molecule has 3 rings (SSSR count). The Balaban J connectivity index is 1.60. The molecule has 0 atom stereocenters. The van der Waals surface area contributed by atoms with Crippen LogP contribution in [0, 0.1) is 0 Å². The van der Waals surface area contributed by atoms with Gasteiger partial charge in [0.25, 0.3) is 5.91 Å². The Hall–Kier alpha value is -2.67. The number of piperazine rings is 1. The van der Waals surface area contributed by atoms with Crippen LogP contribution in [0.25, 0.3) is 0 Å². The molecule has 2 N–H and O–H groups in total. The zero-order chi connectivity index (χ0) is 18.5. The first-order valence-corrected chi connectivity index (χ1v) is 8.43. The molecule has 0 spiro atoms. The van der Waals surface area contributed by atoms with Crippen LogP contribution >= 0.6 is 0 Å². The molecule has 0 unspecified atom stereocenters. The lowest BCUT2D eigenvalue weighted by atomic mass is 10.1. The number of nitrogens with two attached hydrogens (primary N) is 1. The standard InChI is InChI=1S/C19H21F2N3O2/c20-19(21)26-17-7-2-1-6-16(17)18(25)24-10-8-23(9-11-24)13-14-4-3-5-15(22)12-14/h1-7,12,19H,8-11,13,22H2. The van der Waals surface area contributed by atoms with Crippen molar-refractivity contribution < 1.29 is 18.3 Å². The Kier molecular flexibility index (Phi) is 5.68. The van der Waals surface area contributed by atoms with Gasteiger partial charge < -0.3 is 15.4 Å². The van der Waals surface area contributed by atoms with Crippen molar-refractivity contribution in [2.45, 2.75) is 13.2 Å². The molecule has 0 aromatic heterocycles. The molecule has 1 amide bonds. The van der Waals surface area contributed by atoms with Crippen LogP contribution in [0.5, 0.6) is 5.75 Å². The molecule has 0 radical (unpaired) electrons. The Morgan fingerprint density at radius 2 is 1.81 bits per heavy atom. The SMILES string of the molecule is Nc1cccc(CN2CCN(C(=O)c3ccccc3OC(F)F)CC2)c1. The Morgan fingerprint density at radius 3 is 2.50 bits per heavy atom. The second kappa shape index (κ2) is 8.14. The van der Waals surface area contributed by atoms with Gasteiger partial charge in [0.05, 0.1) is 5.56 Å². The van der Waals surface area contributed by atoms with Crippen molar-refractivity contribution in [3.8, 4) is 5.75 Å². The average Bonchev–Trinajstić information content (AvgIpc) is 2.62. The van der Waals surface area contributed by atoms with Crippen molar-refractivity contribution in [1.29, 1.82) is 0 Å². The second-order valence-electron chi connectivity index (χ2n) is 6.19. The van der Waals surface area contributed by atoms with Gasteiger partial charge >= 0.3 is 6.61 Å². The zero-order valence-corrected chi connectivity index (χ0v) is 14.3. The number of nitrogens with zero attached hydrogens (tertiary/aromatic N) is 2. The van der Waals surface area contributed by atoms with E-state index in [0.29, 0.717) is 26.2 Å². The molecule has 26 heavy (non-hydrogen) atoms. The van der Waals surface area contributed by atoms with Crippen LogP contribution in [0.15, 0.2) is 48.5 Å². The maximum atomic E-state index is 12.7. The molecule has 1 aliphatic heterocycles. The number of carbonyl (C=O) groups excluding carboxylic acids is 1. The molecule has 1 fully saturated rings. The third-order valence-corrected chi connectivity index (χ3v) is 4.35. The first-order valence-electron chi connectivity index (χ1n) is 8.43. The molecule has 7 heteroatoms. The van der Waals surface area contributed by atoms with Crippen molar-refractivity contribution in [2.75, 3.05) is 31.9 Å². The van der Waals surface area contributed by atoms with Gasteiger partial charge in [0.15, 0.2) is 0 Å². The summed E-state index contributed by atoms with van der Waals surface area (Å²) in [5.74, 6) is -0.375. The molecule has 138 valence electrons. The largest absolute Gasteiger partial charge is 0.434 e. The minimum absolute atomic E-state index is 0.0882. The number of alkyl halides is 2. The highest BCUT2D eigenvalue weighted by Crippen LogP contribution is 2.23. The lowest BCUT2D eigenvalue weighted by Crippen LogP contribution is -2.48. The van der Waals surface area contributed by atoms with Gasteiger partial charge in [-0.2, -0.15) is 8.78 Å². The molecular weight excluding hydrogens is 340 g/mol. The highest BCUT2D eigenvalue weighted by atomic mass is 19.3. The molecule has 2 aromatic carbocycles. The molecule has 0 aliphatic carbocycles. The molecule has 0 saturated carbocycles. The van der Waals surface area contributed by atoms with Gasteiger partial charge in [-0.1, -0.05) is 24.3 Å².